The minimum atomic E-state index is -0.295. The third-order valence-electron chi connectivity index (χ3n) is 3.60. The van der Waals surface area contributed by atoms with Crippen molar-refractivity contribution >= 4 is 23.5 Å². The lowest BCUT2D eigenvalue weighted by Gasteiger charge is -2.16. The van der Waals surface area contributed by atoms with Crippen LogP contribution in [0.4, 0.5) is 0 Å². The molecule has 0 aliphatic carbocycles. The lowest BCUT2D eigenvalue weighted by molar-refractivity contribution is -0.146. The zero-order chi connectivity index (χ0) is 14.9. The summed E-state index contributed by atoms with van der Waals surface area (Å²) in [6.07, 6.45) is 0. The maximum atomic E-state index is 12.3. The summed E-state index contributed by atoms with van der Waals surface area (Å²) in [4.78, 5) is 25.6. The maximum Gasteiger partial charge on any atom is 0.310 e. The Morgan fingerprint density at radius 2 is 2.10 bits per heavy atom. The topological polar surface area (TPSA) is 66.8 Å². The molecule has 20 heavy (non-hydrogen) atoms. The van der Waals surface area contributed by atoms with E-state index in [1.165, 1.54) is 25.3 Å². The van der Waals surface area contributed by atoms with E-state index in [1.807, 2.05) is 6.92 Å². The Kier molecular flexibility index (Phi) is 4.18. The van der Waals surface area contributed by atoms with Crippen molar-refractivity contribution in [3.05, 3.63) is 28.8 Å². The normalized spacial score (nSPS) is 21.9. The molecule has 0 saturated carbocycles. The number of likely N-dealkylation sites (tertiary alicyclic amines) is 1. The molecule has 1 fully saturated rings. The van der Waals surface area contributed by atoms with Gasteiger partial charge < -0.3 is 14.7 Å². The molecule has 2 unspecified atom stereocenters. The average Bonchev–Trinajstić information content (AvgIpc) is 2.82. The number of amides is 1. The molecule has 0 radical (unpaired) electrons. The average molecular weight is 298 g/mol. The number of aromatic hydroxyl groups is 1. The molecule has 5 nitrogen and oxygen atoms in total. The van der Waals surface area contributed by atoms with E-state index in [2.05, 4.69) is 0 Å². The summed E-state index contributed by atoms with van der Waals surface area (Å²) >= 11 is 5.80. The van der Waals surface area contributed by atoms with Gasteiger partial charge in [0.05, 0.1) is 18.1 Å². The van der Waals surface area contributed by atoms with Crippen LogP contribution in [0.25, 0.3) is 0 Å². The molecule has 1 aromatic rings. The number of carbonyl (C=O) groups excluding carboxylic acids is 2. The Labute approximate surface area is 122 Å². The van der Waals surface area contributed by atoms with E-state index >= 15 is 0 Å². The molecule has 108 valence electrons. The van der Waals surface area contributed by atoms with Gasteiger partial charge >= 0.3 is 5.97 Å². The zero-order valence-electron chi connectivity index (χ0n) is 11.3. The monoisotopic (exact) mass is 297 g/mol. The van der Waals surface area contributed by atoms with Gasteiger partial charge in [-0.3, -0.25) is 9.59 Å². The summed E-state index contributed by atoms with van der Waals surface area (Å²) in [5, 5.41) is 9.49. The summed E-state index contributed by atoms with van der Waals surface area (Å²) < 4.78 is 4.74. The van der Waals surface area contributed by atoms with E-state index in [-0.39, 0.29) is 34.5 Å². The Morgan fingerprint density at radius 3 is 2.70 bits per heavy atom. The quantitative estimate of drug-likeness (QED) is 0.847. The first kappa shape index (κ1) is 14.7. The van der Waals surface area contributed by atoms with Crippen LogP contribution in [0.5, 0.6) is 5.75 Å². The predicted molar refractivity (Wildman–Crippen MR) is 73.7 cm³/mol. The number of methoxy groups -OCH3 is 1. The van der Waals surface area contributed by atoms with Gasteiger partial charge in [0.1, 0.15) is 5.75 Å². The van der Waals surface area contributed by atoms with Gasteiger partial charge in [-0.1, -0.05) is 18.5 Å². The SMILES string of the molecule is COC(=O)C1CN(C(=O)c2ccc(O)c(Cl)c2)CC1C. The van der Waals surface area contributed by atoms with Gasteiger partial charge in [-0.2, -0.15) is 0 Å². The van der Waals surface area contributed by atoms with Gasteiger partial charge in [0.15, 0.2) is 0 Å². The van der Waals surface area contributed by atoms with Gasteiger partial charge in [0, 0.05) is 18.7 Å². The molecule has 1 amide bonds. The van der Waals surface area contributed by atoms with Crippen molar-refractivity contribution in [2.75, 3.05) is 20.2 Å². The molecule has 1 heterocycles. The third-order valence-corrected chi connectivity index (χ3v) is 3.90. The van der Waals surface area contributed by atoms with Crippen LogP contribution in [-0.2, 0) is 9.53 Å². The molecule has 1 aliphatic rings. The number of phenols is 1. The molecule has 1 N–H and O–H groups in total. The Hall–Kier alpha value is -1.75. The highest BCUT2D eigenvalue weighted by molar-refractivity contribution is 6.32. The zero-order valence-corrected chi connectivity index (χ0v) is 12.1. The molecule has 1 aliphatic heterocycles. The summed E-state index contributed by atoms with van der Waals surface area (Å²) in [5.41, 5.74) is 0.394. The first-order chi connectivity index (χ1) is 9.43. The molecular formula is C14H16ClNO4. The first-order valence-corrected chi connectivity index (χ1v) is 6.67. The number of phenolic OH excluding ortho intramolecular Hbond substituents is 1. The van der Waals surface area contributed by atoms with E-state index in [0.717, 1.165) is 0 Å². The number of hydrogen-bond donors (Lipinski definition) is 1. The van der Waals surface area contributed by atoms with Crippen LogP contribution in [0.2, 0.25) is 5.02 Å². The van der Waals surface area contributed by atoms with Crippen molar-refractivity contribution in [3.8, 4) is 5.75 Å². The van der Waals surface area contributed by atoms with E-state index in [4.69, 9.17) is 16.3 Å². The summed E-state index contributed by atoms with van der Waals surface area (Å²) in [6, 6.07) is 4.32. The second-order valence-corrected chi connectivity index (χ2v) is 5.39. The van der Waals surface area contributed by atoms with Gasteiger partial charge in [0.2, 0.25) is 0 Å². The lowest BCUT2D eigenvalue weighted by Crippen LogP contribution is -2.30. The molecule has 1 aromatic carbocycles. The molecule has 6 heteroatoms. The highest BCUT2D eigenvalue weighted by Gasteiger charge is 2.37. The number of ether oxygens (including phenoxy) is 1. The maximum absolute atomic E-state index is 12.3. The second kappa shape index (κ2) is 5.71. The van der Waals surface area contributed by atoms with E-state index in [1.54, 1.807) is 4.90 Å². The van der Waals surface area contributed by atoms with Gasteiger partial charge in [-0.25, -0.2) is 0 Å². The van der Waals surface area contributed by atoms with Crippen LogP contribution >= 0.6 is 11.6 Å². The fourth-order valence-electron chi connectivity index (χ4n) is 2.41. The Balaban J connectivity index is 2.14. The molecule has 1 saturated heterocycles. The van der Waals surface area contributed by atoms with Crippen LogP contribution in [0, 0.1) is 11.8 Å². The lowest BCUT2D eigenvalue weighted by atomic mass is 9.99. The summed E-state index contributed by atoms with van der Waals surface area (Å²) in [7, 11) is 1.35. The minimum absolute atomic E-state index is 0.0546. The van der Waals surface area contributed by atoms with Crippen LogP contribution in [-0.4, -0.2) is 42.1 Å². The number of hydrogen-bond acceptors (Lipinski definition) is 4. The van der Waals surface area contributed by atoms with Crippen LogP contribution in [0.1, 0.15) is 17.3 Å². The van der Waals surface area contributed by atoms with Crippen molar-refractivity contribution in [1.29, 1.82) is 0 Å². The van der Waals surface area contributed by atoms with Crippen molar-refractivity contribution in [2.45, 2.75) is 6.92 Å². The summed E-state index contributed by atoms with van der Waals surface area (Å²) in [5.74, 6) is -0.803. The van der Waals surface area contributed by atoms with Crippen molar-refractivity contribution in [1.82, 2.24) is 4.90 Å². The largest absolute Gasteiger partial charge is 0.506 e. The van der Waals surface area contributed by atoms with Gasteiger partial charge in [-0.05, 0) is 24.1 Å². The standard InChI is InChI=1S/C14H16ClNO4/c1-8-6-16(7-10(8)14(19)20-2)13(18)9-3-4-12(17)11(15)5-9/h3-5,8,10,17H,6-7H2,1-2H3. The Bertz CT molecular complexity index is 546. The first-order valence-electron chi connectivity index (χ1n) is 6.29. The van der Waals surface area contributed by atoms with Crippen LogP contribution in [0.15, 0.2) is 18.2 Å². The van der Waals surface area contributed by atoms with E-state index in [0.29, 0.717) is 18.7 Å². The third kappa shape index (κ3) is 2.72. The number of benzene rings is 1. The van der Waals surface area contributed by atoms with Crippen molar-refractivity contribution in [3.63, 3.8) is 0 Å². The van der Waals surface area contributed by atoms with E-state index < -0.39 is 0 Å². The molecule has 0 aromatic heterocycles. The van der Waals surface area contributed by atoms with Crippen LogP contribution in [0.3, 0.4) is 0 Å². The van der Waals surface area contributed by atoms with Gasteiger partial charge in [0.25, 0.3) is 5.91 Å². The number of nitrogens with zero attached hydrogens (tertiary/aromatic N) is 1. The molecule has 0 bridgehead atoms. The van der Waals surface area contributed by atoms with Crippen molar-refractivity contribution in [2.24, 2.45) is 11.8 Å². The second-order valence-electron chi connectivity index (χ2n) is 4.98. The highest BCUT2D eigenvalue weighted by atomic mass is 35.5. The van der Waals surface area contributed by atoms with Crippen molar-refractivity contribution < 1.29 is 19.4 Å². The molecule has 0 spiro atoms. The highest BCUT2D eigenvalue weighted by Crippen LogP contribution is 2.28. The smallest absolute Gasteiger partial charge is 0.310 e. The number of rotatable bonds is 2. The van der Waals surface area contributed by atoms with Crippen LogP contribution < -0.4 is 0 Å². The number of esters is 1. The molecule has 2 atom stereocenters. The molecular weight excluding hydrogens is 282 g/mol. The minimum Gasteiger partial charge on any atom is -0.506 e. The number of carbonyl (C=O) groups is 2. The Morgan fingerprint density at radius 1 is 1.40 bits per heavy atom. The fraction of sp³-hybridized carbons (Fsp3) is 0.429. The predicted octanol–water partition coefficient (Wildman–Crippen LogP) is 1.93. The summed E-state index contributed by atoms with van der Waals surface area (Å²) in [6.45, 7) is 2.75. The van der Waals surface area contributed by atoms with E-state index in [9.17, 15) is 14.7 Å². The fourth-order valence-corrected chi connectivity index (χ4v) is 2.59. The van der Waals surface area contributed by atoms with Gasteiger partial charge in [-0.15, -0.1) is 0 Å². The molecule has 2 rings (SSSR count). The number of halogens is 1.